The van der Waals surface area contributed by atoms with E-state index in [4.69, 9.17) is 5.11 Å². The van der Waals surface area contributed by atoms with Crippen LogP contribution in [0, 0.1) is 6.92 Å². The van der Waals surface area contributed by atoms with Crippen molar-refractivity contribution in [3.63, 3.8) is 0 Å². The molecule has 2 heterocycles. The average Bonchev–Trinajstić information content (AvgIpc) is 2.95. The fourth-order valence-electron chi connectivity index (χ4n) is 1.56. The van der Waals surface area contributed by atoms with Gasteiger partial charge in [0.25, 0.3) is 5.91 Å². The van der Waals surface area contributed by atoms with E-state index in [1.807, 2.05) is 20.8 Å². The lowest BCUT2D eigenvalue weighted by Crippen LogP contribution is -2.16. The number of H-pyrrole nitrogens is 1. The Morgan fingerprint density at radius 3 is 2.52 bits per heavy atom. The molecule has 21 heavy (non-hydrogen) atoms. The van der Waals surface area contributed by atoms with Crippen LogP contribution in [0.15, 0.2) is 0 Å². The Kier molecular flexibility index (Phi) is 3.77. The van der Waals surface area contributed by atoms with Crippen LogP contribution in [0.1, 0.15) is 53.3 Å². The molecule has 9 heteroatoms. The second kappa shape index (κ2) is 5.24. The van der Waals surface area contributed by atoms with Gasteiger partial charge in [0, 0.05) is 5.41 Å². The number of aromatic amines is 1. The minimum Gasteiger partial charge on any atom is -0.478 e. The molecule has 0 spiro atoms. The quantitative estimate of drug-likeness (QED) is 0.795. The molecule has 0 saturated carbocycles. The van der Waals surface area contributed by atoms with E-state index in [1.165, 1.54) is 0 Å². The molecule has 8 nitrogen and oxygen atoms in total. The van der Waals surface area contributed by atoms with E-state index >= 15 is 0 Å². The summed E-state index contributed by atoms with van der Waals surface area (Å²) in [7, 11) is 0. The van der Waals surface area contributed by atoms with Gasteiger partial charge in [-0.3, -0.25) is 9.89 Å². The molecule has 1 amide bonds. The number of aromatic nitrogens is 4. The molecule has 3 N–H and O–H groups in total. The number of carboxylic acid groups (broad SMARTS) is 1. The predicted octanol–water partition coefficient (Wildman–Crippen LogP) is 1.82. The van der Waals surface area contributed by atoms with Gasteiger partial charge in [-0.2, -0.15) is 4.37 Å². The van der Waals surface area contributed by atoms with Crippen LogP contribution in [0.25, 0.3) is 0 Å². The summed E-state index contributed by atoms with van der Waals surface area (Å²) in [6, 6.07) is 0. The monoisotopic (exact) mass is 309 g/mol. The van der Waals surface area contributed by atoms with Crippen LogP contribution in [-0.4, -0.2) is 36.5 Å². The number of amides is 1. The lowest BCUT2D eigenvalue weighted by atomic mass is 9.96. The molecule has 0 aromatic carbocycles. The Labute approximate surface area is 124 Å². The Morgan fingerprint density at radius 2 is 2.00 bits per heavy atom. The third-order valence-corrected chi connectivity index (χ3v) is 3.56. The number of nitrogens with zero attached hydrogens (tertiary/aromatic N) is 3. The van der Waals surface area contributed by atoms with Crippen molar-refractivity contribution in [3.8, 4) is 0 Å². The molecule has 0 atom stereocenters. The summed E-state index contributed by atoms with van der Waals surface area (Å²) in [5.74, 6) is -1.18. The lowest BCUT2D eigenvalue weighted by Gasteiger charge is -2.12. The van der Waals surface area contributed by atoms with Gasteiger partial charge < -0.3 is 10.4 Å². The first-order valence-electron chi connectivity index (χ1n) is 6.14. The number of carboxylic acids is 1. The molecule has 2 aromatic rings. The number of nitrogens with one attached hydrogen (secondary N) is 2. The number of carbonyl (C=O) groups is 2. The molecule has 0 radical (unpaired) electrons. The van der Waals surface area contributed by atoms with Crippen molar-refractivity contribution in [1.82, 2.24) is 19.6 Å². The summed E-state index contributed by atoms with van der Waals surface area (Å²) in [5.41, 5.74) is 0.0758. The number of aryl methyl sites for hydroxylation is 1. The van der Waals surface area contributed by atoms with Gasteiger partial charge in [0.1, 0.15) is 16.4 Å². The summed E-state index contributed by atoms with van der Waals surface area (Å²) in [5, 5.41) is 18.3. The zero-order chi connectivity index (χ0) is 15.8. The first-order chi connectivity index (χ1) is 9.70. The molecule has 0 unspecified atom stereocenters. The number of rotatable bonds is 3. The largest absolute Gasteiger partial charge is 0.478 e. The van der Waals surface area contributed by atoms with Gasteiger partial charge >= 0.3 is 5.97 Å². The Balaban J connectivity index is 2.23. The fraction of sp³-hybridized carbons (Fsp3) is 0.417. The molecule has 0 aliphatic heterocycles. The van der Waals surface area contributed by atoms with Crippen molar-refractivity contribution in [2.45, 2.75) is 33.1 Å². The van der Waals surface area contributed by atoms with E-state index in [2.05, 4.69) is 24.9 Å². The summed E-state index contributed by atoms with van der Waals surface area (Å²) in [6.45, 7) is 7.37. The van der Waals surface area contributed by atoms with Crippen LogP contribution in [0.4, 0.5) is 5.00 Å². The first kappa shape index (κ1) is 15.1. The molecule has 0 bridgehead atoms. The highest BCUT2D eigenvalue weighted by atomic mass is 32.1. The molecular weight excluding hydrogens is 294 g/mol. The fourth-order valence-corrected chi connectivity index (χ4v) is 2.35. The van der Waals surface area contributed by atoms with Crippen LogP contribution >= 0.6 is 11.5 Å². The minimum absolute atomic E-state index is 0.0140. The van der Waals surface area contributed by atoms with E-state index in [0.717, 1.165) is 11.5 Å². The molecular formula is C12H15N5O3S. The van der Waals surface area contributed by atoms with Crippen molar-refractivity contribution in [1.29, 1.82) is 0 Å². The maximum absolute atomic E-state index is 12.1. The average molecular weight is 309 g/mol. The Morgan fingerprint density at radius 1 is 1.33 bits per heavy atom. The first-order valence-corrected chi connectivity index (χ1v) is 6.91. The van der Waals surface area contributed by atoms with Crippen LogP contribution < -0.4 is 5.32 Å². The van der Waals surface area contributed by atoms with Crippen LogP contribution in [0.5, 0.6) is 0 Å². The summed E-state index contributed by atoms with van der Waals surface area (Å²) in [4.78, 5) is 27.3. The summed E-state index contributed by atoms with van der Waals surface area (Å²) >= 11 is 0.911. The van der Waals surface area contributed by atoms with Gasteiger partial charge in [-0.05, 0) is 18.5 Å². The molecule has 0 aliphatic carbocycles. The van der Waals surface area contributed by atoms with Crippen molar-refractivity contribution < 1.29 is 14.7 Å². The maximum atomic E-state index is 12.1. The van der Waals surface area contributed by atoms with Gasteiger partial charge in [0.15, 0.2) is 0 Å². The third kappa shape index (κ3) is 3.07. The highest BCUT2D eigenvalue weighted by Gasteiger charge is 2.24. The topological polar surface area (TPSA) is 121 Å². The van der Waals surface area contributed by atoms with Gasteiger partial charge in [0.05, 0.1) is 5.69 Å². The van der Waals surface area contributed by atoms with E-state index in [1.54, 1.807) is 6.92 Å². The smallest absolute Gasteiger partial charge is 0.340 e. The summed E-state index contributed by atoms with van der Waals surface area (Å²) in [6.07, 6.45) is 0. The predicted molar refractivity (Wildman–Crippen MR) is 76.8 cm³/mol. The van der Waals surface area contributed by atoms with E-state index in [9.17, 15) is 9.59 Å². The summed E-state index contributed by atoms with van der Waals surface area (Å²) < 4.78 is 3.93. The van der Waals surface area contributed by atoms with Gasteiger partial charge in [-0.15, -0.1) is 5.10 Å². The van der Waals surface area contributed by atoms with E-state index in [0.29, 0.717) is 11.5 Å². The van der Waals surface area contributed by atoms with Crippen molar-refractivity contribution in [2.24, 2.45) is 0 Å². The Bertz CT molecular complexity index is 698. The van der Waals surface area contributed by atoms with Crippen LogP contribution in [0.3, 0.4) is 0 Å². The molecule has 0 fully saturated rings. The van der Waals surface area contributed by atoms with Gasteiger partial charge in [-0.25, -0.2) is 9.78 Å². The highest BCUT2D eigenvalue weighted by Crippen LogP contribution is 2.25. The molecule has 0 aliphatic rings. The second-order valence-electron chi connectivity index (χ2n) is 5.49. The molecule has 112 valence electrons. The highest BCUT2D eigenvalue weighted by molar-refractivity contribution is 7.11. The van der Waals surface area contributed by atoms with Crippen molar-refractivity contribution >= 4 is 28.4 Å². The van der Waals surface area contributed by atoms with Crippen molar-refractivity contribution in [2.75, 3.05) is 5.32 Å². The van der Waals surface area contributed by atoms with E-state index < -0.39 is 11.9 Å². The van der Waals surface area contributed by atoms with Crippen molar-refractivity contribution in [3.05, 3.63) is 22.9 Å². The zero-order valence-corrected chi connectivity index (χ0v) is 12.8. The number of aromatic carboxylic acids is 1. The number of hydrogen-bond acceptors (Lipinski definition) is 6. The maximum Gasteiger partial charge on any atom is 0.340 e. The van der Waals surface area contributed by atoms with E-state index in [-0.39, 0.29) is 21.8 Å². The molecule has 0 saturated heterocycles. The van der Waals surface area contributed by atoms with Crippen LogP contribution in [-0.2, 0) is 5.41 Å². The number of carbonyl (C=O) groups excluding carboxylic acids is 1. The molecule has 2 rings (SSSR count). The third-order valence-electron chi connectivity index (χ3n) is 2.70. The zero-order valence-electron chi connectivity index (χ0n) is 12.0. The van der Waals surface area contributed by atoms with Gasteiger partial charge in [-0.1, -0.05) is 20.8 Å². The molecule has 2 aromatic heterocycles. The van der Waals surface area contributed by atoms with Crippen LogP contribution in [0.2, 0.25) is 0 Å². The second-order valence-corrected chi connectivity index (χ2v) is 6.26. The normalized spacial score (nSPS) is 11.4. The number of anilines is 1. The SMILES string of the molecule is Cc1nsc(NC(=O)c2n[nH]c(C(C)(C)C)n2)c1C(=O)O. The minimum atomic E-state index is -1.14. The number of hydrogen-bond donors (Lipinski definition) is 3. The van der Waals surface area contributed by atoms with Gasteiger partial charge in [0.2, 0.25) is 5.82 Å². The standard InChI is InChI=1S/C12H15N5O3S/c1-5-6(10(19)20)9(21-17-5)14-8(18)7-13-11(16-15-7)12(2,3)4/h1-4H3,(H,14,18)(H,19,20)(H,13,15,16). The lowest BCUT2D eigenvalue weighted by molar-refractivity contribution is 0.0697. The Hall–Kier alpha value is -2.29.